The van der Waals surface area contributed by atoms with Gasteiger partial charge in [0.15, 0.2) is 0 Å². The zero-order chi connectivity index (χ0) is 13.2. The maximum absolute atomic E-state index is 11.7. The topological polar surface area (TPSA) is 82.6 Å². The zero-order valence-corrected chi connectivity index (χ0v) is 10.5. The van der Waals surface area contributed by atoms with Gasteiger partial charge in [0.05, 0.1) is 17.4 Å². The number of hydrogen-bond donors (Lipinski definition) is 3. The third kappa shape index (κ3) is 2.38. The summed E-state index contributed by atoms with van der Waals surface area (Å²) in [6.45, 7) is 0.709. The van der Waals surface area contributed by atoms with Gasteiger partial charge < -0.3 is 10.6 Å². The van der Waals surface area contributed by atoms with Crippen LogP contribution in [0.4, 0.5) is 0 Å². The summed E-state index contributed by atoms with van der Waals surface area (Å²) >= 11 is 0. The summed E-state index contributed by atoms with van der Waals surface area (Å²) in [4.78, 5) is 27.3. The van der Waals surface area contributed by atoms with Crippen molar-refractivity contribution in [2.45, 2.75) is 31.3 Å². The van der Waals surface area contributed by atoms with E-state index in [1.807, 2.05) is 18.4 Å². The molecule has 0 aromatic heterocycles. The molecule has 0 radical (unpaired) electrons. The second-order valence-corrected chi connectivity index (χ2v) is 4.84. The van der Waals surface area contributed by atoms with E-state index < -0.39 is 0 Å². The normalized spacial score (nSPS) is 29.7. The fourth-order valence-electron chi connectivity index (χ4n) is 2.53. The van der Waals surface area contributed by atoms with Crippen LogP contribution in [0.5, 0.6) is 0 Å². The van der Waals surface area contributed by atoms with Gasteiger partial charge in [0.1, 0.15) is 6.04 Å². The van der Waals surface area contributed by atoms with Gasteiger partial charge in [-0.25, -0.2) is 0 Å². The van der Waals surface area contributed by atoms with Crippen molar-refractivity contribution in [3.63, 3.8) is 0 Å². The van der Waals surface area contributed by atoms with Gasteiger partial charge in [0.25, 0.3) is 0 Å². The summed E-state index contributed by atoms with van der Waals surface area (Å²) in [5.41, 5.74) is 1.94. The van der Waals surface area contributed by atoms with Gasteiger partial charge in [-0.15, -0.1) is 0 Å². The van der Waals surface area contributed by atoms with Gasteiger partial charge in [-0.1, -0.05) is 6.08 Å². The molecule has 6 nitrogen and oxygen atoms in total. The Morgan fingerprint density at radius 1 is 1.37 bits per heavy atom. The highest BCUT2D eigenvalue weighted by Gasteiger charge is 2.29. The van der Waals surface area contributed by atoms with E-state index >= 15 is 0 Å². The maximum atomic E-state index is 11.7. The van der Waals surface area contributed by atoms with Gasteiger partial charge >= 0.3 is 0 Å². The first-order chi connectivity index (χ1) is 9.24. The highest BCUT2D eigenvalue weighted by Crippen LogP contribution is 2.21. The summed E-state index contributed by atoms with van der Waals surface area (Å²) in [7, 11) is 0. The average molecular weight is 260 g/mol. The van der Waals surface area contributed by atoms with E-state index in [2.05, 4.69) is 20.9 Å². The van der Waals surface area contributed by atoms with Crippen LogP contribution in [-0.2, 0) is 9.59 Å². The molecule has 1 aliphatic carbocycles. The summed E-state index contributed by atoms with van der Waals surface area (Å²) in [5, 5.41) is 8.88. The van der Waals surface area contributed by atoms with Crippen molar-refractivity contribution in [3.8, 4) is 0 Å². The lowest BCUT2D eigenvalue weighted by Gasteiger charge is -2.30. The van der Waals surface area contributed by atoms with Crippen LogP contribution in [0, 0.1) is 0 Å². The molecule has 100 valence electrons. The summed E-state index contributed by atoms with van der Waals surface area (Å²) in [5.74, 6) is -0.447. The van der Waals surface area contributed by atoms with E-state index in [4.69, 9.17) is 0 Å². The van der Waals surface area contributed by atoms with E-state index in [9.17, 15) is 9.59 Å². The number of rotatable bonds is 2. The number of nitrogens with zero attached hydrogens (tertiary/aromatic N) is 1. The monoisotopic (exact) mass is 260 g/mol. The Morgan fingerprint density at radius 2 is 2.26 bits per heavy atom. The molecule has 0 bridgehead atoms. The van der Waals surface area contributed by atoms with E-state index in [-0.39, 0.29) is 23.9 Å². The zero-order valence-electron chi connectivity index (χ0n) is 10.5. The largest absolute Gasteiger partial charge is 0.380 e. The highest BCUT2D eigenvalue weighted by molar-refractivity contribution is 6.00. The summed E-state index contributed by atoms with van der Waals surface area (Å²) in [6.07, 6.45) is 7.68. The molecule has 3 N–H and O–H groups in total. The predicted octanol–water partition coefficient (Wildman–Crippen LogP) is -0.405. The lowest BCUT2D eigenvalue weighted by molar-refractivity contribution is -0.134. The minimum Gasteiger partial charge on any atom is -0.380 e. The maximum Gasteiger partial charge on any atom is 0.249 e. The Kier molecular flexibility index (Phi) is 3.06. The first kappa shape index (κ1) is 12.0. The minimum atomic E-state index is -0.351. The van der Waals surface area contributed by atoms with Gasteiger partial charge in [0, 0.05) is 19.2 Å². The molecular weight excluding hydrogens is 244 g/mol. The van der Waals surface area contributed by atoms with E-state index in [0.717, 1.165) is 17.8 Å². The molecular formula is C13H16N4O2. The quantitative estimate of drug-likeness (QED) is 0.590. The first-order valence-electron chi connectivity index (χ1n) is 6.50. The van der Waals surface area contributed by atoms with Crippen LogP contribution >= 0.6 is 0 Å². The fourth-order valence-corrected chi connectivity index (χ4v) is 2.53. The molecule has 19 heavy (non-hydrogen) atoms. The van der Waals surface area contributed by atoms with Crippen LogP contribution in [0.2, 0.25) is 0 Å². The lowest BCUT2D eigenvalue weighted by Crippen LogP contribution is -2.51. The number of amides is 2. The second kappa shape index (κ2) is 4.87. The van der Waals surface area contributed by atoms with Crippen molar-refractivity contribution in [2.75, 3.05) is 6.54 Å². The molecule has 2 heterocycles. The number of fused-ring (bicyclic) bond motifs is 1. The van der Waals surface area contributed by atoms with Crippen LogP contribution < -0.4 is 16.0 Å². The van der Waals surface area contributed by atoms with Crippen molar-refractivity contribution in [2.24, 2.45) is 4.99 Å². The molecule has 1 fully saturated rings. The van der Waals surface area contributed by atoms with Gasteiger partial charge in [0.2, 0.25) is 11.8 Å². The molecule has 3 rings (SSSR count). The van der Waals surface area contributed by atoms with Crippen molar-refractivity contribution in [3.05, 3.63) is 23.5 Å². The Bertz CT molecular complexity index is 507. The van der Waals surface area contributed by atoms with E-state index in [1.165, 1.54) is 0 Å². The van der Waals surface area contributed by atoms with Crippen molar-refractivity contribution in [1.29, 1.82) is 0 Å². The molecule has 0 saturated carbocycles. The Balaban J connectivity index is 1.77. The number of piperidine rings is 1. The third-order valence-corrected chi connectivity index (χ3v) is 3.51. The molecule has 0 spiro atoms. The molecule has 0 aromatic carbocycles. The molecule has 2 aliphatic heterocycles. The van der Waals surface area contributed by atoms with Gasteiger partial charge in [-0.2, -0.15) is 0 Å². The smallest absolute Gasteiger partial charge is 0.249 e. The number of hydrogen-bond acceptors (Lipinski definition) is 5. The predicted molar refractivity (Wildman–Crippen MR) is 70.4 cm³/mol. The summed E-state index contributed by atoms with van der Waals surface area (Å²) < 4.78 is 0. The lowest BCUT2D eigenvalue weighted by atomic mass is 9.99. The number of aliphatic imine (C=N–C) groups is 1. The number of imide groups is 1. The molecule has 2 atom stereocenters. The van der Waals surface area contributed by atoms with Crippen LogP contribution in [0.1, 0.15) is 19.3 Å². The molecule has 0 aromatic rings. The van der Waals surface area contributed by atoms with E-state index in [0.29, 0.717) is 19.4 Å². The first-order valence-corrected chi connectivity index (χ1v) is 6.50. The van der Waals surface area contributed by atoms with Gasteiger partial charge in [-0.05, 0) is 18.9 Å². The molecule has 2 amide bonds. The SMILES string of the molecule is O=C1CCC(NC2=C3NCC=N[C@@H]3CC=C2)C(=O)N1. The number of allylic oxidation sites excluding steroid dienone is 1. The van der Waals surface area contributed by atoms with Crippen molar-refractivity contribution < 1.29 is 9.59 Å². The Hall–Kier alpha value is -2.11. The fraction of sp³-hybridized carbons (Fsp3) is 0.462. The number of carbonyl (C=O) groups excluding carboxylic acids is 2. The second-order valence-electron chi connectivity index (χ2n) is 4.84. The van der Waals surface area contributed by atoms with Crippen LogP contribution in [0.25, 0.3) is 0 Å². The van der Waals surface area contributed by atoms with Gasteiger partial charge in [-0.3, -0.25) is 19.9 Å². The van der Waals surface area contributed by atoms with Crippen molar-refractivity contribution >= 4 is 18.0 Å². The van der Waals surface area contributed by atoms with Crippen LogP contribution in [-0.4, -0.2) is 36.7 Å². The average Bonchev–Trinajstić information content (AvgIpc) is 2.42. The minimum absolute atomic E-state index is 0.120. The molecule has 1 unspecified atom stereocenters. The molecule has 3 aliphatic rings. The Labute approximate surface area is 111 Å². The van der Waals surface area contributed by atoms with Crippen LogP contribution in [0.15, 0.2) is 28.5 Å². The third-order valence-electron chi connectivity index (χ3n) is 3.51. The Morgan fingerprint density at radius 3 is 3.11 bits per heavy atom. The molecule has 6 heteroatoms. The van der Waals surface area contributed by atoms with Crippen molar-refractivity contribution in [1.82, 2.24) is 16.0 Å². The molecule has 1 saturated heterocycles. The number of nitrogens with one attached hydrogen (secondary N) is 3. The van der Waals surface area contributed by atoms with Crippen LogP contribution in [0.3, 0.4) is 0 Å². The number of carbonyl (C=O) groups is 2. The highest BCUT2D eigenvalue weighted by atomic mass is 16.2. The van der Waals surface area contributed by atoms with E-state index in [1.54, 1.807) is 0 Å². The standard InChI is InChI=1S/C13H16N4O2/c18-11-5-4-10(13(19)17-11)16-9-3-1-2-8-12(9)15-7-6-14-8/h1,3,6,8,10,15-16H,2,4-5,7H2,(H,17,18,19)/t8-,10?/m1/s1. The summed E-state index contributed by atoms with van der Waals surface area (Å²) in [6, 6.07) is -0.231.